The number of amides is 1. The van der Waals surface area contributed by atoms with Gasteiger partial charge in [0.05, 0.1) is 11.1 Å². The summed E-state index contributed by atoms with van der Waals surface area (Å²) in [5.41, 5.74) is 1.19. The van der Waals surface area contributed by atoms with E-state index < -0.39 is 0 Å². The second-order valence-electron chi connectivity index (χ2n) is 6.33. The molecule has 2 aromatic heterocycles. The van der Waals surface area contributed by atoms with Crippen molar-refractivity contribution in [1.82, 2.24) is 14.7 Å². The van der Waals surface area contributed by atoms with Crippen LogP contribution in [0.3, 0.4) is 0 Å². The molecule has 24 heavy (non-hydrogen) atoms. The van der Waals surface area contributed by atoms with Crippen molar-refractivity contribution in [3.05, 3.63) is 52.9 Å². The first-order chi connectivity index (χ1) is 11.6. The number of carbonyl (C=O) groups is 1. The summed E-state index contributed by atoms with van der Waals surface area (Å²) in [7, 11) is 1.91. The molecule has 1 saturated heterocycles. The van der Waals surface area contributed by atoms with Gasteiger partial charge in [-0.1, -0.05) is 0 Å². The van der Waals surface area contributed by atoms with E-state index in [1.807, 2.05) is 24.3 Å². The summed E-state index contributed by atoms with van der Waals surface area (Å²) in [5.74, 6) is 0.113. The van der Waals surface area contributed by atoms with Gasteiger partial charge in [0, 0.05) is 37.0 Å². The van der Waals surface area contributed by atoms with Gasteiger partial charge in [-0.25, -0.2) is 4.39 Å². The summed E-state index contributed by atoms with van der Waals surface area (Å²) < 4.78 is 16.1. The molecular weight excluding hydrogens is 325 g/mol. The number of aromatic nitrogens is 2. The Morgan fingerprint density at radius 2 is 2.25 bits per heavy atom. The van der Waals surface area contributed by atoms with Crippen LogP contribution in [0.25, 0.3) is 10.1 Å². The number of likely N-dealkylation sites (tertiary alicyclic amines) is 1. The molecule has 0 spiro atoms. The summed E-state index contributed by atoms with van der Waals surface area (Å²) in [6.45, 7) is 1.49. The van der Waals surface area contributed by atoms with Crippen LogP contribution in [0.5, 0.6) is 0 Å². The molecular formula is C18H18FN3OS. The average molecular weight is 343 g/mol. The lowest BCUT2D eigenvalue weighted by Crippen LogP contribution is -2.38. The molecule has 4 nitrogen and oxygen atoms in total. The van der Waals surface area contributed by atoms with Crippen molar-refractivity contribution >= 4 is 27.3 Å². The van der Waals surface area contributed by atoms with Crippen LogP contribution >= 0.6 is 11.3 Å². The highest BCUT2D eigenvalue weighted by atomic mass is 32.1. The quantitative estimate of drug-likeness (QED) is 0.710. The monoisotopic (exact) mass is 343 g/mol. The fourth-order valence-corrected chi connectivity index (χ4v) is 4.37. The van der Waals surface area contributed by atoms with E-state index in [2.05, 4.69) is 5.10 Å². The van der Waals surface area contributed by atoms with Crippen LogP contribution in [0, 0.1) is 5.82 Å². The van der Waals surface area contributed by atoms with Crippen LogP contribution < -0.4 is 0 Å². The first kappa shape index (κ1) is 15.3. The number of halogens is 1. The summed E-state index contributed by atoms with van der Waals surface area (Å²) in [6.07, 6.45) is 5.99. The third-order valence-electron chi connectivity index (χ3n) is 4.59. The molecule has 6 heteroatoms. The largest absolute Gasteiger partial charge is 0.337 e. The number of hydrogen-bond donors (Lipinski definition) is 0. The van der Waals surface area contributed by atoms with E-state index in [9.17, 15) is 9.18 Å². The van der Waals surface area contributed by atoms with Crippen molar-refractivity contribution in [2.75, 3.05) is 13.1 Å². The molecule has 1 fully saturated rings. The van der Waals surface area contributed by atoms with Gasteiger partial charge in [0.1, 0.15) is 5.82 Å². The van der Waals surface area contributed by atoms with Crippen molar-refractivity contribution in [1.29, 1.82) is 0 Å². The van der Waals surface area contributed by atoms with E-state index in [1.165, 1.54) is 29.0 Å². The second kappa shape index (κ2) is 6.02. The van der Waals surface area contributed by atoms with E-state index >= 15 is 0 Å². The molecule has 3 heterocycles. The van der Waals surface area contributed by atoms with Gasteiger partial charge in [-0.3, -0.25) is 9.48 Å². The number of aryl methyl sites for hydroxylation is 1. The van der Waals surface area contributed by atoms with Crippen molar-refractivity contribution in [3.63, 3.8) is 0 Å². The SMILES string of the molecule is Cn1cc(C2CCCN(C(=O)c3cc4cc(F)ccc4s3)C2)cn1. The predicted octanol–water partition coefficient (Wildman–Crippen LogP) is 3.79. The minimum Gasteiger partial charge on any atom is -0.337 e. The fraction of sp³-hybridized carbons (Fsp3) is 0.333. The van der Waals surface area contributed by atoms with Crippen molar-refractivity contribution in [2.45, 2.75) is 18.8 Å². The molecule has 4 rings (SSSR count). The lowest BCUT2D eigenvalue weighted by atomic mass is 9.93. The molecule has 1 aliphatic heterocycles. The van der Waals surface area contributed by atoms with Crippen LogP contribution in [0.1, 0.15) is 34.0 Å². The summed E-state index contributed by atoms with van der Waals surface area (Å²) >= 11 is 1.43. The molecule has 0 N–H and O–H groups in total. The lowest BCUT2D eigenvalue weighted by Gasteiger charge is -2.32. The van der Waals surface area contributed by atoms with Crippen molar-refractivity contribution in [3.8, 4) is 0 Å². The summed E-state index contributed by atoms with van der Waals surface area (Å²) in [5, 5.41) is 5.03. The van der Waals surface area contributed by atoms with E-state index in [1.54, 1.807) is 16.8 Å². The maximum atomic E-state index is 13.3. The molecule has 1 aromatic carbocycles. The Hall–Kier alpha value is -2.21. The number of benzene rings is 1. The van der Waals surface area contributed by atoms with E-state index in [0.29, 0.717) is 17.3 Å². The Balaban J connectivity index is 1.56. The highest BCUT2D eigenvalue weighted by Gasteiger charge is 2.27. The number of carbonyl (C=O) groups excluding carboxylic acids is 1. The van der Waals surface area contributed by atoms with Crippen LogP contribution in [0.4, 0.5) is 4.39 Å². The predicted molar refractivity (Wildman–Crippen MR) is 92.9 cm³/mol. The normalized spacial score (nSPS) is 18.2. The number of piperidine rings is 1. The van der Waals surface area contributed by atoms with Gasteiger partial charge in [0.15, 0.2) is 0 Å². The van der Waals surface area contributed by atoms with Gasteiger partial charge in [0.2, 0.25) is 0 Å². The average Bonchev–Trinajstić information content (AvgIpc) is 3.20. The molecule has 1 unspecified atom stereocenters. The first-order valence-corrected chi connectivity index (χ1v) is 8.89. The Labute approximate surface area is 143 Å². The minimum atomic E-state index is -0.270. The summed E-state index contributed by atoms with van der Waals surface area (Å²) in [6, 6.07) is 6.46. The van der Waals surface area contributed by atoms with Gasteiger partial charge < -0.3 is 4.90 Å². The van der Waals surface area contributed by atoms with Gasteiger partial charge in [-0.2, -0.15) is 5.10 Å². The fourth-order valence-electron chi connectivity index (χ4n) is 3.36. The van der Waals surface area contributed by atoms with Gasteiger partial charge in [0.25, 0.3) is 5.91 Å². The standard InChI is InChI=1S/C18H18FN3OS/c1-21-10-14(9-20-21)12-3-2-6-22(11-12)18(23)17-8-13-7-15(19)4-5-16(13)24-17/h4-5,7-10,12H,2-3,6,11H2,1H3. The first-order valence-electron chi connectivity index (χ1n) is 8.07. The smallest absolute Gasteiger partial charge is 0.263 e. The maximum Gasteiger partial charge on any atom is 0.263 e. The van der Waals surface area contributed by atoms with Crippen LogP contribution in [-0.4, -0.2) is 33.7 Å². The number of thiophene rings is 1. The number of fused-ring (bicyclic) bond motifs is 1. The topological polar surface area (TPSA) is 38.1 Å². The van der Waals surface area contributed by atoms with E-state index in [0.717, 1.165) is 29.5 Å². The third kappa shape index (κ3) is 2.82. The Morgan fingerprint density at radius 1 is 1.38 bits per heavy atom. The molecule has 0 radical (unpaired) electrons. The molecule has 0 bridgehead atoms. The Kier molecular flexibility index (Phi) is 3.84. The second-order valence-corrected chi connectivity index (χ2v) is 7.41. The molecule has 1 aliphatic rings. The highest BCUT2D eigenvalue weighted by molar-refractivity contribution is 7.20. The van der Waals surface area contributed by atoms with Gasteiger partial charge in [-0.05, 0) is 48.1 Å². The maximum absolute atomic E-state index is 13.3. The summed E-state index contributed by atoms with van der Waals surface area (Å²) in [4.78, 5) is 15.5. The highest BCUT2D eigenvalue weighted by Crippen LogP contribution is 2.31. The lowest BCUT2D eigenvalue weighted by molar-refractivity contribution is 0.0712. The number of nitrogens with zero attached hydrogens (tertiary/aromatic N) is 3. The molecule has 0 saturated carbocycles. The Morgan fingerprint density at radius 3 is 3.04 bits per heavy atom. The van der Waals surface area contributed by atoms with Crippen molar-refractivity contribution < 1.29 is 9.18 Å². The minimum absolute atomic E-state index is 0.0465. The number of rotatable bonds is 2. The molecule has 1 atom stereocenters. The zero-order chi connectivity index (χ0) is 16.7. The zero-order valence-electron chi connectivity index (χ0n) is 13.4. The van der Waals surface area contributed by atoms with Gasteiger partial charge >= 0.3 is 0 Å². The molecule has 3 aromatic rings. The zero-order valence-corrected chi connectivity index (χ0v) is 14.2. The van der Waals surface area contributed by atoms with Crippen LogP contribution in [0.2, 0.25) is 0 Å². The molecule has 1 amide bonds. The number of hydrogen-bond acceptors (Lipinski definition) is 3. The van der Waals surface area contributed by atoms with Gasteiger partial charge in [-0.15, -0.1) is 11.3 Å². The van der Waals surface area contributed by atoms with Crippen LogP contribution in [0.15, 0.2) is 36.7 Å². The van der Waals surface area contributed by atoms with Crippen LogP contribution in [-0.2, 0) is 7.05 Å². The molecule has 0 aliphatic carbocycles. The van der Waals surface area contributed by atoms with E-state index in [4.69, 9.17) is 0 Å². The van der Waals surface area contributed by atoms with E-state index in [-0.39, 0.29) is 11.7 Å². The Bertz CT molecular complexity index is 901. The molecule has 124 valence electrons. The van der Waals surface area contributed by atoms with Crippen molar-refractivity contribution in [2.24, 2.45) is 7.05 Å². The third-order valence-corrected chi connectivity index (χ3v) is 5.70.